The van der Waals surface area contributed by atoms with Crippen LogP contribution in [0.2, 0.25) is 0 Å². The Balaban J connectivity index is 2.00. The van der Waals surface area contributed by atoms with Gasteiger partial charge in [-0.05, 0) is 23.8 Å². The van der Waals surface area contributed by atoms with Crippen molar-refractivity contribution in [3.63, 3.8) is 0 Å². The highest BCUT2D eigenvalue weighted by molar-refractivity contribution is 8.04. The molecule has 0 radical (unpaired) electrons. The normalized spacial score (nSPS) is 26.3. The van der Waals surface area contributed by atoms with E-state index in [-0.39, 0.29) is 16.2 Å². The van der Waals surface area contributed by atoms with E-state index in [4.69, 9.17) is 5.11 Å². The minimum Gasteiger partial charge on any atom is -0.477 e. The summed E-state index contributed by atoms with van der Waals surface area (Å²) in [6, 6.07) is 0. The Bertz CT molecular complexity index is 532. The van der Waals surface area contributed by atoms with Gasteiger partial charge in [0.25, 0.3) is 0 Å². The molecule has 1 aliphatic heterocycles. The number of carboxylic acids is 1. The van der Waals surface area contributed by atoms with Crippen molar-refractivity contribution in [1.82, 2.24) is 10.2 Å². The second kappa shape index (κ2) is 5.44. The molecule has 1 unspecified atom stereocenters. The lowest BCUT2D eigenvalue weighted by Gasteiger charge is -2.40. The largest absolute Gasteiger partial charge is 0.477 e. The molecule has 0 fully saturated rings. The fraction of sp³-hybridized carbons (Fsp3) is 0.562. The van der Waals surface area contributed by atoms with Crippen LogP contribution in [0.15, 0.2) is 35.0 Å². The molecule has 0 aromatic carbocycles. The Morgan fingerprint density at radius 1 is 1.38 bits per heavy atom. The van der Waals surface area contributed by atoms with Gasteiger partial charge in [0.2, 0.25) is 0 Å². The Kier molecular flexibility index (Phi) is 4.15. The van der Waals surface area contributed by atoms with Crippen LogP contribution in [0.3, 0.4) is 0 Å². The second-order valence-electron chi connectivity index (χ2n) is 6.74. The summed E-state index contributed by atoms with van der Waals surface area (Å²) >= 11 is 1.38. The highest BCUT2D eigenvalue weighted by Gasteiger charge is 2.35. The van der Waals surface area contributed by atoms with Crippen LogP contribution in [0, 0.1) is 10.8 Å². The van der Waals surface area contributed by atoms with Gasteiger partial charge in [0.15, 0.2) is 0 Å². The smallest absolute Gasteiger partial charge is 0.343 e. The maximum Gasteiger partial charge on any atom is 0.343 e. The molecule has 0 aromatic heterocycles. The van der Waals surface area contributed by atoms with E-state index in [1.165, 1.54) is 11.8 Å². The van der Waals surface area contributed by atoms with E-state index >= 15 is 0 Å². The predicted octanol–water partition coefficient (Wildman–Crippen LogP) is 3.36. The van der Waals surface area contributed by atoms with Crippen LogP contribution in [-0.4, -0.2) is 28.0 Å². The van der Waals surface area contributed by atoms with Crippen LogP contribution in [-0.2, 0) is 4.79 Å². The van der Waals surface area contributed by atoms with Crippen molar-refractivity contribution in [1.29, 1.82) is 0 Å². The first-order chi connectivity index (χ1) is 9.62. The maximum atomic E-state index is 11.0. The summed E-state index contributed by atoms with van der Waals surface area (Å²) in [7, 11) is 0. The van der Waals surface area contributed by atoms with E-state index in [0.29, 0.717) is 11.6 Å². The second-order valence-corrected chi connectivity index (χ2v) is 8.10. The van der Waals surface area contributed by atoms with Gasteiger partial charge in [0.05, 0.1) is 12.0 Å². The number of carbonyl (C=O) groups is 1. The summed E-state index contributed by atoms with van der Waals surface area (Å²) in [5.41, 5.74) is 1.30. The number of carboxylic acid groups (broad SMARTS) is 1. The molecule has 2 rings (SSSR count). The van der Waals surface area contributed by atoms with Gasteiger partial charge < -0.3 is 15.3 Å². The average molecular weight is 308 g/mol. The molecule has 0 amide bonds. The number of rotatable bonds is 4. The van der Waals surface area contributed by atoms with Crippen molar-refractivity contribution < 1.29 is 9.90 Å². The minimum atomic E-state index is -0.853. The number of thioether (sulfide) groups is 1. The van der Waals surface area contributed by atoms with Gasteiger partial charge in [0.1, 0.15) is 4.91 Å². The number of aliphatic carboxylic acids is 1. The lowest BCUT2D eigenvalue weighted by atomic mass is 9.65. The molecule has 0 saturated heterocycles. The molecular weight excluding hydrogens is 284 g/mol. The molecule has 0 spiro atoms. The first kappa shape index (κ1) is 16.0. The Morgan fingerprint density at radius 2 is 2.05 bits per heavy atom. The number of allylic oxidation sites excluding steroid dienone is 3. The van der Waals surface area contributed by atoms with Crippen molar-refractivity contribution in [2.45, 2.75) is 40.0 Å². The first-order valence-electron chi connectivity index (χ1n) is 7.16. The third-order valence-electron chi connectivity index (χ3n) is 4.58. The summed E-state index contributed by atoms with van der Waals surface area (Å²) in [5, 5.41) is 12.6. The van der Waals surface area contributed by atoms with Crippen LogP contribution in [0.4, 0.5) is 0 Å². The van der Waals surface area contributed by atoms with Crippen LogP contribution in [0.1, 0.15) is 34.6 Å². The number of nitrogens with zero attached hydrogens (tertiary/aromatic N) is 1. The Labute approximate surface area is 131 Å². The van der Waals surface area contributed by atoms with Gasteiger partial charge >= 0.3 is 5.97 Å². The van der Waals surface area contributed by atoms with Crippen molar-refractivity contribution in [3.8, 4) is 0 Å². The summed E-state index contributed by atoms with van der Waals surface area (Å²) in [4.78, 5) is 13.4. The van der Waals surface area contributed by atoms with Gasteiger partial charge in [-0.15, -0.1) is 0 Å². The van der Waals surface area contributed by atoms with Gasteiger partial charge in [-0.1, -0.05) is 51.6 Å². The number of nitrogens with one attached hydrogen (secondary N) is 1. The van der Waals surface area contributed by atoms with Crippen molar-refractivity contribution in [2.75, 3.05) is 6.67 Å². The molecule has 2 N–H and O–H groups in total. The Morgan fingerprint density at radius 3 is 2.57 bits per heavy atom. The molecule has 0 bridgehead atoms. The third-order valence-corrected chi connectivity index (χ3v) is 5.73. The van der Waals surface area contributed by atoms with E-state index in [1.54, 1.807) is 6.20 Å². The summed E-state index contributed by atoms with van der Waals surface area (Å²) in [6.45, 7) is 11.5. The van der Waals surface area contributed by atoms with Crippen molar-refractivity contribution in [3.05, 3.63) is 35.0 Å². The third kappa shape index (κ3) is 3.28. The van der Waals surface area contributed by atoms with Crippen LogP contribution in [0.25, 0.3) is 0 Å². The van der Waals surface area contributed by atoms with Crippen molar-refractivity contribution in [2.24, 2.45) is 10.8 Å². The lowest BCUT2D eigenvalue weighted by molar-refractivity contribution is -0.131. The van der Waals surface area contributed by atoms with E-state index in [2.05, 4.69) is 51.2 Å². The highest BCUT2D eigenvalue weighted by atomic mass is 32.2. The van der Waals surface area contributed by atoms with Gasteiger partial charge in [0, 0.05) is 11.9 Å². The summed E-state index contributed by atoms with van der Waals surface area (Å²) in [5.74, 6) is -0.853. The number of hydrogen-bond donors (Lipinski definition) is 2. The monoisotopic (exact) mass is 308 g/mol. The topological polar surface area (TPSA) is 52.6 Å². The van der Waals surface area contributed by atoms with E-state index in [1.807, 2.05) is 11.8 Å². The SMILES string of the molecule is CC1SC(C(=O)O)=CN1CNC1=CC(C)(C)C(C)(C)C=C1. The lowest BCUT2D eigenvalue weighted by Crippen LogP contribution is -2.36. The zero-order chi connectivity index (χ0) is 15.8. The minimum absolute atomic E-state index is 0.0809. The van der Waals surface area contributed by atoms with E-state index in [9.17, 15) is 4.79 Å². The zero-order valence-electron chi connectivity index (χ0n) is 13.3. The van der Waals surface area contributed by atoms with Gasteiger partial charge in [-0.2, -0.15) is 0 Å². The van der Waals surface area contributed by atoms with Crippen LogP contribution >= 0.6 is 11.8 Å². The fourth-order valence-electron chi connectivity index (χ4n) is 2.25. The molecule has 21 heavy (non-hydrogen) atoms. The predicted molar refractivity (Wildman–Crippen MR) is 87.4 cm³/mol. The molecular formula is C16H24N2O2S. The maximum absolute atomic E-state index is 11.0. The summed E-state index contributed by atoms with van der Waals surface area (Å²) in [6.07, 6.45) is 8.31. The molecule has 0 aromatic rings. The molecule has 116 valence electrons. The molecule has 0 saturated carbocycles. The molecule has 1 heterocycles. The standard InChI is InChI=1S/C16H24N2O2S/c1-11-18(9-13(21-11)14(19)20)10-17-12-6-7-15(2,3)16(4,5)8-12/h6-9,11,17H,10H2,1-5H3,(H,19,20). The first-order valence-corrected chi connectivity index (χ1v) is 8.04. The zero-order valence-corrected chi connectivity index (χ0v) is 14.1. The number of hydrogen-bond acceptors (Lipinski definition) is 4. The Hall–Kier alpha value is -1.36. The van der Waals surface area contributed by atoms with Crippen LogP contribution < -0.4 is 5.32 Å². The average Bonchev–Trinajstić information content (AvgIpc) is 2.73. The van der Waals surface area contributed by atoms with E-state index in [0.717, 1.165) is 5.70 Å². The van der Waals surface area contributed by atoms with Crippen LogP contribution in [0.5, 0.6) is 0 Å². The summed E-state index contributed by atoms with van der Waals surface area (Å²) < 4.78 is 0. The fourth-order valence-corrected chi connectivity index (χ4v) is 3.18. The van der Waals surface area contributed by atoms with E-state index < -0.39 is 5.97 Å². The van der Waals surface area contributed by atoms with Gasteiger partial charge in [-0.3, -0.25) is 0 Å². The molecule has 5 heteroatoms. The quantitative estimate of drug-likeness (QED) is 0.834. The molecule has 1 atom stereocenters. The highest BCUT2D eigenvalue weighted by Crippen LogP contribution is 2.44. The van der Waals surface area contributed by atoms with Crippen molar-refractivity contribution >= 4 is 17.7 Å². The molecule has 1 aliphatic carbocycles. The molecule has 2 aliphatic rings. The van der Waals surface area contributed by atoms with Gasteiger partial charge in [-0.25, -0.2) is 4.79 Å². The molecule has 4 nitrogen and oxygen atoms in total.